The summed E-state index contributed by atoms with van der Waals surface area (Å²) in [4.78, 5) is 14.1. The smallest absolute Gasteiger partial charge is 0.410 e. The van der Waals surface area contributed by atoms with E-state index >= 15 is 0 Å². The number of carbonyl (C=O) groups is 1. The molecule has 1 amide bonds. The topological polar surface area (TPSA) is 41.6 Å². The third kappa shape index (κ3) is 4.18. The zero-order valence-corrected chi connectivity index (χ0v) is 15.9. The lowest BCUT2D eigenvalue weighted by atomic mass is 9.99. The van der Waals surface area contributed by atoms with E-state index in [-0.39, 0.29) is 6.09 Å². The summed E-state index contributed by atoms with van der Waals surface area (Å²) in [5.74, 6) is 1.23. The molecule has 3 rings (SSSR count). The number of ether oxygens (including phenoxy) is 1. The monoisotopic (exact) mass is 348 g/mol. The van der Waals surface area contributed by atoms with Gasteiger partial charge < -0.3 is 15.0 Å². The Labute approximate surface area is 149 Å². The molecule has 0 radical (unpaired) electrons. The van der Waals surface area contributed by atoms with E-state index < -0.39 is 5.60 Å². The molecule has 2 heterocycles. The average molecular weight is 349 g/mol. The average Bonchev–Trinajstić information content (AvgIpc) is 2.90. The molecule has 0 aromatic heterocycles. The summed E-state index contributed by atoms with van der Waals surface area (Å²) in [5.41, 5.74) is 3.29. The van der Waals surface area contributed by atoms with Gasteiger partial charge in [-0.05, 0) is 62.6 Å². The first-order valence-corrected chi connectivity index (χ1v) is 9.84. The van der Waals surface area contributed by atoms with Crippen molar-refractivity contribution in [3.63, 3.8) is 0 Å². The van der Waals surface area contributed by atoms with Crippen molar-refractivity contribution in [3.8, 4) is 0 Å². The van der Waals surface area contributed by atoms with Crippen LogP contribution >= 0.6 is 11.8 Å². The Morgan fingerprint density at radius 3 is 2.79 bits per heavy atom. The van der Waals surface area contributed by atoms with Crippen LogP contribution in [0.2, 0.25) is 0 Å². The predicted molar refractivity (Wildman–Crippen MR) is 101 cm³/mol. The Balaban J connectivity index is 1.68. The van der Waals surface area contributed by atoms with Crippen LogP contribution in [0.15, 0.2) is 18.2 Å². The fraction of sp³-hybridized carbons (Fsp3) is 0.632. The summed E-state index contributed by atoms with van der Waals surface area (Å²) in [6.07, 6.45) is 1.89. The molecule has 2 unspecified atom stereocenters. The number of fused-ring (bicyclic) bond motifs is 1. The fourth-order valence-electron chi connectivity index (χ4n) is 3.26. The predicted octanol–water partition coefficient (Wildman–Crippen LogP) is 4.29. The minimum Gasteiger partial charge on any atom is -0.444 e. The number of nitrogens with one attached hydrogen (secondary N) is 1. The van der Waals surface area contributed by atoms with Crippen molar-refractivity contribution in [2.75, 3.05) is 17.6 Å². The van der Waals surface area contributed by atoms with E-state index in [1.807, 2.05) is 37.4 Å². The molecule has 1 aromatic rings. The number of benzene rings is 1. The van der Waals surface area contributed by atoms with Crippen molar-refractivity contribution in [1.29, 1.82) is 0 Å². The lowest BCUT2D eigenvalue weighted by molar-refractivity contribution is 0.0224. The van der Waals surface area contributed by atoms with E-state index in [0.29, 0.717) is 17.8 Å². The Morgan fingerprint density at radius 2 is 2.12 bits per heavy atom. The quantitative estimate of drug-likeness (QED) is 0.866. The van der Waals surface area contributed by atoms with Gasteiger partial charge in [0.2, 0.25) is 0 Å². The molecule has 132 valence electrons. The number of hydrogen-bond donors (Lipinski definition) is 1. The van der Waals surface area contributed by atoms with Gasteiger partial charge in [-0.1, -0.05) is 13.0 Å². The largest absolute Gasteiger partial charge is 0.444 e. The number of amides is 1. The Kier molecular flexibility index (Phi) is 5.00. The number of hydrogen-bond acceptors (Lipinski definition) is 4. The van der Waals surface area contributed by atoms with Crippen molar-refractivity contribution in [1.82, 2.24) is 4.90 Å². The first kappa shape index (κ1) is 17.5. The van der Waals surface area contributed by atoms with Gasteiger partial charge in [-0.25, -0.2) is 4.79 Å². The summed E-state index contributed by atoms with van der Waals surface area (Å²) < 4.78 is 5.51. The summed E-state index contributed by atoms with van der Waals surface area (Å²) in [6, 6.07) is 7.13. The van der Waals surface area contributed by atoms with E-state index in [4.69, 9.17) is 4.74 Å². The molecule has 24 heavy (non-hydrogen) atoms. The van der Waals surface area contributed by atoms with Crippen LogP contribution in [0.25, 0.3) is 0 Å². The lowest BCUT2D eigenvalue weighted by Gasteiger charge is -2.31. The standard InChI is InChI=1S/C19H28N2O2S/c1-13-17(8-10-24-13)20-16-6-5-14-7-9-21(12-15(14)11-16)18(22)23-19(2,3)4/h5-6,11,13,17,20H,7-10,12H2,1-4H3. The third-order valence-electron chi connectivity index (χ3n) is 4.60. The maximum atomic E-state index is 12.3. The Hall–Kier alpha value is -1.36. The normalized spacial score (nSPS) is 23.8. The molecule has 1 aromatic carbocycles. The summed E-state index contributed by atoms with van der Waals surface area (Å²) >= 11 is 2.03. The van der Waals surface area contributed by atoms with Gasteiger partial charge in [0.15, 0.2) is 0 Å². The molecule has 1 saturated heterocycles. The van der Waals surface area contributed by atoms with Crippen molar-refractivity contribution in [2.24, 2.45) is 0 Å². The molecule has 0 spiro atoms. The molecule has 0 bridgehead atoms. The molecule has 2 atom stereocenters. The molecule has 0 saturated carbocycles. The van der Waals surface area contributed by atoms with Gasteiger partial charge in [0.05, 0.1) is 0 Å². The third-order valence-corrected chi connectivity index (χ3v) is 5.92. The highest BCUT2D eigenvalue weighted by Gasteiger charge is 2.27. The van der Waals surface area contributed by atoms with Crippen LogP contribution in [0.4, 0.5) is 10.5 Å². The molecule has 5 heteroatoms. The second-order valence-corrected chi connectivity index (χ2v) is 9.24. The van der Waals surface area contributed by atoms with Crippen molar-refractivity contribution < 1.29 is 9.53 Å². The van der Waals surface area contributed by atoms with E-state index in [0.717, 1.165) is 13.0 Å². The Morgan fingerprint density at radius 1 is 1.33 bits per heavy atom. The van der Waals surface area contributed by atoms with Crippen LogP contribution in [0.3, 0.4) is 0 Å². The van der Waals surface area contributed by atoms with Gasteiger partial charge in [0, 0.05) is 30.1 Å². The molecule has 4 nitrogen and oxygen atoms in total. The maximum Gasteiger partial charge on any atom is 0.410 e. The summed E-state index contributed by atoms with van der Waals surface area (Å²) in [6.45, 7) is 9.38. The first-order chi connectivity index (χ1) is 11.3. The van der Waals surface area contributed by atoms with Crippen LogP contribution in [-0.4, -0.2) is 40.2 Å². The number of nitrogens with zero attached hydrogens (tertiary/aromatic N) is 1. The fourth-order valence-corrected chi connectivity index (χ4v) is 4.46. The van der Waals surface area contributed by atoms with E-state index in [9.17, 15) is 4.79 Å². The van der Waals surface area contributed by atoms with Gasteiger partial charge >= 0.3 is 6.09 Å². The van der Waals surface area contributed by atoms with Crippen molar-refractivity contribution >= 4 is 23.5 Å². The van der Waals surface area contributed by atoms with Crippen molar-refractivity contribution in [2.45, 2.75) is 64.0 Å². The van der Waals surface area contributed by atoms with Gasteiger partial charge in [0.1, 0.15) is 5.60 Å². The number of rotatable bonds is 2. The SMILES string of the molecule is CC1SCCC1Nc1ccc2c(c1)CN(C(=O)OC(C)(C)C)CC2. The second-order valence-electron chi connectivity index (χ2n) is 7.75. The van der Waals surface area contributed by atoms with Crippen LogP contribution < -0.4 is 5.32 Å². The minimum absolute atomic E-state index is 0.215. The van der Waals surface area contributed by atoms with Crippen LogP contribution in [0, 0.1) is 0 Å². The molecular weight excluding hydrogens is 320 g/mol. The molecule has 0 aliphatic carbocycles. The summed E-state index contributed by atoms with van der Waals surface area (Å²) in [7, 11) is 0. The molecule has 2 aliphatic rings. The highest BCUT2D eigenvalue weighted by atomic mass is 32.2. The number of thioether (sulfide) groups is 1. The number of anilines is 1. The van der Waals surface area contributed by atoms with Crippen LogP contribution in [0.1, 0.15) is 45.2 Å². The minimum atomic E-state index is -0.447. The van der Waals surface area contributed by atoms with E-state index in [1.54, 1.807) is 0 Å². The molecule has 1 fully saturated rings. The van der Waals surface area contributed by atoms with Crippen LogP contribution in [-0.2, 0) is 17.7 Å². The second kappa shape index (κ2) is 6.87. The first-order valence-electron chi connectivity index (χ1n) is 8.80. The zero-order chi connectivity index (χ0) is 17.3. The summed E-state index contributed by atoms with van der Waals surface area (Å²) in [5, 5.41) is 4.32. The van der Waals surface area contributed by atoms with E-state index in [2.05, 4.69) is 30.4 Å². The van der Waals surface area contributed by atoms with Crippen LogP contribution in [0.5, 0.6) is 0 Å². The number of carbonyl (C=O) groups excluding carboxylic acids is 1. The molecular formula is C19H28N2O2S. The van der Waals surface area contributed by atoms with Gasteiger partial charge in [-0.2, -0.15) is 11.8 Å². The zero-order valence-electron chi connectivity index (χ0n) is 15.1. The van der Waals surface area contributed by atoms with Gasteiger partial charge in [0.25, 0.3) is 0 Å². The van der Waals surface area contributed by atoms with E-state index in [1.165, 1.54) is 29.0 Å². The van der Waals surface area contributed by atoms with Gasteiger partial charge in [-0.15, -0.1) is 0 Å². The maximum absolute atomic E-state index is 12.3. The highest BCUT2D eigenvalue weighted by molar-refractivity contribution is 8.00. The highest BCUT2D eigenvalue weighted by Crippen LogP contribution is 2.30. The molecule has 1 N–H and O–H groups in total. The Bertz CT molecular complexity index is 612. The van der Waals surface area contributed by atoms with Crippen molar-refractivity contribution in [3.05, 3.63) is 29.3 Å². The van der Waals surface area contributed by atoms with Gasteiger partial charge in [-0.3, -0.25) is 0 Å². The lowest BCUT2D eigenvalue weighted by Crippen LogP contribution is -2.39. The molecule has 2 aliphatic heterocycles.